The van der Waals surface area contributed by atoms with Crippen molar-refractivity contribution in [3.63, 3.8) is 0 Å². The lowest BCUT2D eigenvalue weighted by atomic mass is 10.0. The summed E-state index contributed by atoms with van der Waals surface area (Å²) in [4.78, 5) is 21.4. The summed E-state index contributed by atoms with van der Waals surface area (Å²) < 4.78 is 0. The largest absolute Gasteiger partial charge is 0.478 e. The van der Waals surface area contributed by atoms with E-state index in [0.29, 0.717) is 0 Å². The van der Waals surface area contributed by atoms with E-state index in [0.717, 1.165) is 19.3 Å². The minimum absolute atomic E-state index is 0.000750. The van der Waals surface area contributed by atoms with Gasteiger partial charge in [-0.25, -0.2) is 4.79 Å². The average Bonchev–Trinajstić information content (AvgIpc) is 2.85. The molecule has 0 aliphatic heterocycles. The monoisotopic (exact) mass is 280 g/mol. The quantitative estimate of drug-likeness (QED) is 0.560. The molecule has 1 saturated carbocycles. The number of aliphatic hydroxyl groups excluding tert-OH is 1. The molecular formula is C13H16N2O5. The Kier molecular flexibility index (Phi) is 4.19. The van der Waals surface area contributed by atoms with E-state index < -0.39 is 10.9 Å². The molecule has 2 unspecified atom stereocenters. The number of nitro groups is 1. The number of carbonyl (C=O) groups is 1. The predicted molar refractivity (Wildman–Crippen MR) is 71.9 cm³/mol. The van der Waals surface area contributed by atoms with Crippen LogP contribution in [-0.2, 0) is 0 Å². The molecule has 3 N–H and O–H groups in total. The fraction of sp³-hybridized carbons (Fsp3) is 0.462. The Hall–Kier alpha value is -2.15. The zero-order chi connectivity index (χ0) is 14.7. The first-order chi connectivity index (χ1) is 9.52. The molecule has 1 fully saturated rings. The predicted octanol–water partition coefficient (Wildman–Crippen LogP) is 1.87. The molecule has 1 aromatic carbocycles. The molecule has 1 aliphatic carbocycles. The van der Waals surface area contributed by atoms with Crippen molar-refractivity contribution in [3.05, 3.63) is 33.9 Å². The molecule has 0 spiro atoms. The number of aromatic carboxylic acids is 1. The number of nitro benzene ring substituents is 1. The minimum atomic E-state index is -1.14. The summed E-state index contributed by atoms with van der Waals surface area (Å²) in [5.41, 5.74) is 0.0762. The normalized spacial score (nSPS) is 21.6. The van der Waals surface area contributed by atoms with E-state index in [-0.39, 0.29) is 35.5 Å². The third kappa shape index (κ3) is 2.88. The number of nitrogens with one attached hydrogen (secondary N) is 1. The van der Waals surface area contributed by atoms with E-state index in [1.165, 1.54) is 18.2 Å². The first-order valence-electron chi connectivity index (χ1n) is 6.42. The van der Waals surface area contributed by atoms with Crippen LogP contribution >= 0.6 is 0 Å². The Morgan fingerprint density at radius 1 is 1.45 bits per heavy atom. The maximum absolute atomic E-state index is 11.2. The Balaban J connectivity index is 2.30. The molecule has 0 amide bonds. The van der Waals surface area contributed by atoms with Crippen molar-refractivity contribution in [1.29, 1.82) is 0 Å². The van der Waals surface area contributed by atoms with Crippen LogP contribution in [0.5, 0.6) is 0 Å². The lowest BCUT2D eigenvalue weighted by Gasteiger charge is -2.21. The molecule has 108 valence electrons. The van der Waals surface area contributed by atoms with Gasteiger partial charge in [-0.3, -0.25) is 10.1 Å². The van der Waals surface area contributed by atoms with Crippen LogP contribution < -0.4 is 5.32 Å². The van der Waals surface area contributed by atoms with Crippen LogP contribution in [0.3, 0.4) is 0 Å². The molecular weight excluding hydrogens is 264 g/mol. The smallest absolute Gasteiger partial charge is 0.337 e. The van der Waals surface area contributed by atoms with Crippen molar-refractivity contribution in [2.45, 2.75) is 25.3 Å². The van der Waals surface area contributed by atoms with Gasteiger partial charge in [-0.1, -0.05) is 6.42 Å². The van der Waals surface area contributed by atoms with Crippen LogP contribution in [0.1, 0.15) is 29.6 Å². The number of nitrogens with zero attached hydrogens (tertiary/aromatic N) is 1. The third-order valence-electron chi connectivity index (χ3n) is 3.68. The summed E-state index contributed by atoms with van der Waals surface area (Å²) >= 11 is 0. The highest BCUT2D eigenvalue weighted by molar-refractivity contribution is 5.94. The van der Waals surface area contributed by atoms with Gasteiger partial charge in [0, 0.05) is 30.7 Å². The fourth-order valence-electron chi connectivity index (χ4n) is 2.60. The number of carboxylic acids is 1. The highest BCUT2D eigenvalue weighted by atomic mass is 16.6. The summed E-state index contributed by atoms with van der Waals surface area (Å²) in [7, 11) is 0. The fourth-order valence-corrected chi connectivity index (χ4v) is 2.60. The molecule has 0 aromatic heterocycles. The van der Waals surface area contributed by atoms with Crippen molar-refractivity contribution in [3.8, 4) is 0 Å². The van der Waals surface area contributed by atoms with E-state index in [1.807, 2.05) is 0 Å². The number of hydrogen-bond acceptors (Lipinski definition) is 5. The molecule has 20 heavy (non-hydrogen) atoms. The number of aliphatic hydroxyl groups is 1. The van der Waals surface area contributed by atoms with E-state index in [4.69, 9.17) is 5.11 Å². The van der Waals surface area contributed by atoms with Crippen molar-refractivity contribution in [1.82, 2.24) is 0 Å². The maximum Gasteiger partial charge on any atom is 0.337 e. The van der Waals surface area contributed by atoms with Gasteiger partial charge in [0.05, 0.1) is 16.2 Å². The van der Waals surface area contributed by atoms with Crippen molar-refractivity contribution < 1.29 is 19.9 Å². The molecule has 0 bridgehead atoms. The summed E-state index contributed by atoms with van der Waals surface area (Å²) in [6, 6.07) is 3.58. The van der Waals surface area contributed by atoms with Crippen LogP contribution in [-0.4, -0.2) is 33.8 Å². The molecule has 0 radical (unpaired) electrons. The first kappa shape index (κ1) is 14.3. The molecule has 7 heteroatoms. The molecule has 2 atom stereocenters. The van der Waals surface area contributed by atoms with Gasteiger partial charge in [-0.05, 0) is 18.9 Å². The third-order valence-corrected chi connectivity index (χ3v) is 3.68. The summed E-state index contributed by atoms with van der Waals surface area (Å²) in [5, 5.41) is 32.2. The van der Waals surface area contributed by atoms with Crippen molar-refractivity contribution >= 4 is 17.3 Å². The molecule has 2 rings (SSSR count). The van der Waals surface area contributed by atoms with E-state index >= 15 is 0 Å². The number of benzene rings is 1. The molecule has 7 nitrogen and oxygen atoms in total. The number of hydrogen-bond donors (Lipinski definition) is 3. The van der Waals surface area contributed by atoms with Gasteiger partial charge in [0.1, 0.15) is 0 Å². The number of rotatable bonds is 5. The van der Waals surface area contributed by atoms with Gasteiger partial charge in [0.2, 0.25) is 0 Å². The van der Waals surface area contributed by atoms with Crippen molar-refractivity contribution in [2.24, 2.45) is 5.92 Å². The SMILES string of the molecule is O=C(O)c1ccc([N+](=O)[O-])cc1NC1CCCC1CO. The Labute approximate surface area is 115 Å². The standard InChI is InChI=1S/C13H16N2O5/c16-7-8-2-1-3-11(8)14-12-6-9(15(19)20)4-5-10(12)13(17)18/h4-6,8,11,14,16H,1-3,7H2,(H,17,18). The second kappa shape index (κ2) is 5.87. The second-order valence-electron chi connectivity index (χ2n) is 4.92. The summed E-state index contributed by atoms with van der Waals surface area (Å²) in [6.45, 7) is 0.0228. The molecule has 0 heterocycles. The molecule has 1 aromatic rings. The first-order valence-corrected chi connectivity index (χ1v) is 6.42. The number of anilines is 1. The Bertz CT molecular complexity index is 531. The van der Waals surface area contributed by atoms with Gasteiger partial charge >= 0.3 is 5.97 Å². The van der Waals surface area contributed by atoms with Crippen LogP contribution in [0.15, 0.2) is 18.2 Å². The van der Waals surface area contributed by atoms with E-state index in [1.54, 1.807) is 0 Å². The van der Waals surface area contributed by atoms with Crippen LogP contribution in [0, 0.1) is 16.0 Å². The van der Waals surface area contributed by atoms with Crippen LogP contribution in [0.25, 0.3) is 0 Å². The van der Waals surface area contributed by atoms with Gasteiger partial charge in [0.25, 0.3) is 5.69 Å². The molecule has 0 saturated heterocycles. The van der Waals surface area contributed by atoms with Gasteiger partial charge in [-0.2, -0.15) is 0 Å². The van der Waals surface area contributed by atoms with Gasteiger partial charge < -0.3 is 15.5 Å². The zero-order valence-corrected chi connectivity index (χ0v) is 10.8. The van der Waals surface area contributed by atoms with E-state index in [2.05, 4.69) is 5.32 Å². The van der Waals surface area contributed by atoms with E-state index in [9.17, 15) is 20.0 Å². The second-order valence-corrected chi connectivity index (χ2v) is 4.92. The summed E-state index contributed by atoms with van der Waals surface area (Å²) in [5.74, 6) is -1.09. The topological polar surface area (TPSA) is 113 Å². The number of carboxylic acid groups (broad SMARTS) is 1. The van der Waals surface area contributed by atoms with Gasteiger partial charge in [-0.15, -0.1) is 0 Å². The lowest BCUT2D eigenvalue weighted by molar-refractivity contribution is -0.384. The van der Waals surface area contributed by atoms with Crippen LogP contribution in [0.2, 0.25) is 0 Å². The Morgan fingerprint density at radius 3 is 2.80 bits per heavy atom. The van der Waals surface area contributed by atoms with Crippen LogP contribution in [0.4, 0.5) is 11.4 Å². The van der Waals surface area contributed by atoms with Gasteiger partial charge in [0.15, 0.2) is 0 Å². The molecule has 1 aliphatic rings. The zero-order valence-electron chi connectivity index (χ0n) is 10.8. The number of non-ortho nitro benzene ring substituents is 1. The maximum atomic E-state index is 11.2. The Morgan fingerprint density at radius 2 is 2.20 bits per heavy atom. The highest BCUT2D eigenvalue weighted by Crippen LogP contribution is 2.31. The average molecular weight is 280 g/mol. The van der Waals surface area contributed by atoms with Crippen molar-refractivity contribution in [2.75, 3.05) is 11.9 Å². The highest BCUT2D eigenvalue weighted by Gasteiger charge is 2.28. The lowest BCUT2D eigenvalue weighted by Crippen LogP contribution is -2.27. The minimum Gasteiger partial charge on any atom is -0.478 e. The summed E-state index contributed by atoms with van der Waals surface area (Å²) in [6.07, 6.45) is 2.62.